The van der Waals surface area contributed by atoms with E-state index < -0.39 is 0 Å². The molecule has 0 saturated heterocycles. The van der Waals surface area contributed by atoms with Crippen LogP contribution in [0.5, 0.6) is 0 Å². The van der Waals surface area contributed by atoms with E-state index in [0.29, 0.717) is 0 Å². The molecule has 3 heteroatoms. The maximum atomic E-state index is 3.88. The van der Waals surface area contributed by atoms with Crippen LogP contribution < -0.4 is 24.8 Å². The van der Waals surface area contributed by atoms with E-state index in [1.807, 2.05) is 12.2 Å². The molecule has 2 aliphatic carbocycles. The SMILES string of the molecule is CC(C)(C)c1cc2c([c-]c1-c1ccccc1)Cc1cc(-c3ccccc3)c(C(C)(C)C)cc1-2.[C-]1=CC=CC1.[Cl-].[Cl-].[Zr+2]=[C](CCc1ccccc1)CCc1ccccc1. The van der Waals surface area contributed by atoms with Gasteiger partial charge in [-0.2, -0.15) is 6.08 Å². The van der Waals surface area contributed by atoms with Crippen LogP contribution in [0.25, 0.3) is 33.4 Å². The Labute approximate surface area is 377 Å². The van der Waals surface area contributed by atoms with Gasteiger partial charge in [-0.15, -0.1) is 35.2 Å². The summed E-state index contributed by atoms with van der Waals surface area (Å²) >= 11 is 1.60. The Morgan fingerprint density at radius 2 is 1.05 bits per heavy atom. The fourth-order valence-electron chi connectivity index (χ4n) is 7.45. The average Bonchev–Trinajstić information content (AvgIpc) is 3.91. The van der Waals surface area contributed by atoms with E-state index in [2.05, 4.69) is 199 Å². The van der Waals surface area contributed by atoms with Crippen molar-refractivity contribution in [1.82, 2.24) is 0 Å². The van der Waals surface area contributed by atoms with Crippen molar-refractivity contribution in [2.75, 3.05) is 0 Å². The van der Waals surface area contributed by atoms with Crippen molar-refractivity contribution >= 4 is 3.21 Å². The van der Waals surface area contributed by atoms with Crippen LogP contribution in [-0.2, 0) is 54.3 Å². The number of fused-ring (bicyclic) bond motifs is 3. The second-order valence-corrected chi connectivity index (χ2v) is 18.7. The van der Waals surface area contributed by atoms with Gasteiger partial charge in [0.2, 0.25) is 0 Å². The van der Waals surface area contributed by atoms with Gasteiger partial charge >= 0.3 is 125 Å². The summed E-state index contributed by atoms with van der Waals surface area (Å²) in [5.41, 5.74) is 16.4. The molecule has 0 nitrogen and oxygen atoms in total. The summed E-state index contributed by atoms with van der Waals surface area (Å²) < 4.78 is 1.69. The molecule has 0 spiro atoms. The monoisotopic (exact) mass is 876 g/mol. The Bertz CT molecular complexity index is 2100. The Balaban J connectivity index is 0.000000250. The summed E-state index contributed by atoms with van der Waals surface area (Å²) in [4.78, 5) is 0. The van der Waals surface area contributed by atoms with Crippen molar-refractivity contribution in [3.63, 3.8) is 0 Å². The molecule has 0 saturated carbocycles. The van der Waals surface area contributed by atoms with Crippen LogP contribution in [0.1, 0.15) is 94.2 Å². The average molecular weight is 879 g/mol. The molecule has 8 rings (SSSR count). The molecule has 0 unspecified atom stereocenters. The summed E-state index contributed by atoms with van der Waals surface area (Å²) in [5, 5.41) is 0. The van der Waals surface area contributed by atoms with Crippen LogP contribution in [0, 0.1) is 12.1 Å². The molecule has 0 fully saturated rings. The van der Waals surface area contributed by atoms with Gasteiger partial charge in [0.15, 0.2) is 0 Å². The molecule has 0 heterocycles. The van der Waals surface area contributed by atoms with Crippen molar-refractivity contribution in [3.05, 3.63) is 203 Å². The first-order valence-electron chi connectivity index (χ1n) is 20.2. The summed E-state index contributed by atoms with van der Waals surface area (Å²) in [6, 6.07) is 54.4. The molecule has 0 aromatic heterocycles. The number of rotatable bonds is 8. The third kappa shape index (κ3) is 12.8. The zero-order chi connectivity index (χ0) is 39.5. The molecular formula is C55H56Cl2Zr-2. The normalized spacial score (nSPS) is 12.1. The van der Waals surface area contributed by atoms with E-state index in [1.54, 1.807) is 27.4 Å². The zero-order valence-corrected chi connectivity index (χ0v) is 39.0. The van der Waals surface area contributed by atoms with Gasteiger partial charge in [-0.1, -0.05) is 131 Å². The van der Waals surface area contributed by atoms with Crippen molar-refractivity contribution in [1.29, 1.82) is 0 Å². The summed E-state index contributed by atoms with van der Waals surface area (Å²) in [5.74, 6) is 0. The summed E-state index contributed by atoms with van der Waals surface area (Å²) in [6.07, 6.45) is 15.8. The van der Waals surface area contributed by atoms with E-state index in [0.717, 1.165) is 12.8 Å². The zero-order valence-electron chi connectivity index (χ0n) is 35.0. The van der Waals surface area contributed by atoms with Crippen LogP contribution in [0.15, 0.2) is 158 Å². The molecule has 2 aliphatic rings. The van der Waals surface area contributed by atoms with Gasteiger partial charge in [0, 0.05) is 0 Å². The van der Waals surface area contributed by atoms with E-state index in [1.165, 1.54) is 92.4 Å². The van der Waals surface area contributed by atoms with Crippen LogP contribution in [0.3, 0.4) is 0 Å². The molecular weight excluding hydrogens is 823 g/mol. The van der Waals surface area contributed by atoms with E-state index >= 15 is 0 Å². The third-order valence-corrected chi connectivity index (χ3v) is 11.8. The van der Waals surface area contributed by atoms with E-state index in [4.69, 9.17) is 0 Å². The molecule has 6 aromatic rings. The second-order valence-electron chi connectivity index (χ2n) is 17.0. The van der Waals surface area contributed by atoms with Gasteiger partial charge in [-0.25, -0.2) is 12.2 Å². The first-order valence-corrected chi connectivity index (χ1v) is 21.4. The number of halogens is 2. The molecule has 0 atom stereocenters. The Morgan fingerprint density at radius 1 is 0.569 bits per heavy atom. The second kappa shape index (κ2) is 21.9. The molecule has 0 bridgehead atoms. The van der Waals surface area contributed by atoms with Gasteiger partial charge in [-0.05, 0) is 39.5 Å². The number of aryl methyl sites for hydroxylation is 2. The molecule has 0 amide bonds. The first kappa shape index (κ1) is 46.8. The molecule has 0 radical (unpaired) electrons. The molecule has 0 aliphatic heterocycles. The summed E-state index contributed by atoms with van der Waals surface area (Å²) in [6.45, 7) is 13.9. The van der Waals surface area contributed by atoms with Gasteiger partial charge in [0.25, 0.3) is 0 Å². The Hall–Kier alpha value is -3.87. The third-order valence-electron chi connectivity index (χ3n) is 10.5. The van der Waals surface area contributed by atoms with Crippen LogP contribution in [0.2, 0.25) is 0 Å². The van der Waals surface area contributed by atoms with Gasteiger partial charge in [-0.3, -0.25) is 6.08 Å². The van der Waals surface area contributed by atoms with Crippen LogP contribution in [-0.4, -0.2) is 3.21 Å². The quantitative estimate of drug-likeness (QED) is 0.135. The number of benzene rings is 6. The Kier molecular flexibility index (Phi) is 17.7. The fraction of sp³-hybridized carbons (Fsp3) is 0.255. The minimum atomic E-state index is 0. The van der Waals surface area contributed by atoms with Gasteiger partial charge < -0.3 is 24.8 Å². The standard InChI is InChI=1S/C33H33.C17H18.C5H5.2ClH.Zr/c1-32(2,3)30-20-26-24(18-28(30)22-13-9-7-10-14-22)17-25-19-29(23-15-11-8-12-16-23)31(21-27(25)26)33(4,5)6;1-4-10-16(11-5-1)14-8-3-9-15-17-12-6-2-7-13-17;1-2-4-5-3-1;;;/h7-16,18,20-21H,17H2,1-6H3;1-2,4-7,10-13H,8-9,14-15H2;1-3H,4H2;2*1H;/q-1;;-1;;;+2/p-2. The predicted octanol–water partition coefficient (Wildman–Crippen LogP) is 8.27. The number of hydrogen-bond acceptors (Lipinski definition) is 0. The molecule has 296 valence electrons. The maximum absolute atomic E-state index is 3.88. The van der Waals surface area contributed by atoms with Crippen molar-refractivity contribution < 1.29 is 49.0 Å². The van der Waals surface area contributed by atoms with Crippen LogP contribution in [0.4, 0.5) is 0 Å². The van der Waals surface area contributed by atoms with E-state index in [9.17, 15) is 0 Å². The van der Waals surface area contributed by atoms with Gasteiger partial charge in [0.05, 0.1) is 0 Å². The number of hydrogen-bond donors (Lipinski definition) is 0. The molecule has 58 heavy (non-hydrogen) atoms. The van der Waals surface area contributed by atoms with Crippen molar-refractivity contribution in [2.24, 2.45) is 0 Å². The first-order chi connectivity index (χ1) is 27.0. The van der Waals surface area contributed by atoms with Crippen LogP contribution >= 0.6 is 0 Å². The van der Waals surface area contributed by atoms with E-state index in [-0.39, 0.29) is 35.6 Å². The van der Waals surface area contributed by atoms with Gasteiger partial charge in [0.1, 0.15) is 0 Å². The topological polar surface area (TPSA) is 0 Å². The van der Waals surface area contributed by atoms with Crippen molar-refractivity contribution in [2.45, 2.75) is 90.9 Å². The molecule has 0 N–H and O–H groups in total. The minimum absolute atomic E-state index is 0. The fourth-order valence-corrected chi connectivity index (χ4v) is 8.06. The Morgan fingerprint density at radius 3 is 1.50 bits per heavy atom. The predicted molar refractivity (Wildman–Crippen MR) is 238 cm³/mol. The number of allylic oxidation sites excluding steroid dienone is 4. The molecule has 6 aromatic carbocycles. The summed E-state index contributed by atoms with van der Waals surface area (Å²) in [7, 11) is 0. The van der Waals surface area contributed by atoms with Crippen molar-refractivity contribution in [3.8, 4) is 33.4 Å².